The van der Waals surface area contributed by atoms with Crippen molar-refractivity contribution in [1.82, 2.24) is 4.90 Å². The van der Waals surface area contributed by atoms with Crippen LogP contribution in [0.2, 0.25) is 0 Å². The molecule has 0 atom stereocenters. The number of fused-ring (bicyclic) bond motifs is 1. The van der Waals surface area contributed by atoms with Gasteiger partial charge in [-0.25, -0.2) is 4.79 Å². The van der Waals surface area contributed by atoms with E-state index in [0.29, 0.717) is 19.7 Å². The quantitative estimate of drug-likeness (QED) is 0.731. The first-order valence-electron chi connectivity index (χ1n) is 6.25. The van der Waals surface area contributed by atoms with Crippen LogP contribution in [-0.2, 0) is 11.3 Å². The van der Waals surface area contributed by atoms with Crippen LogP contribution in [0.4, 0.5) is 4.79 Å². The second kappa shape index (κ2) is 5.41. The highest BCUT2D eigenvalue weighted by molar-refractivity contribution is 9.10. The van der Waals surface area contributed by atoms with Crippen molar-refractivity contribution in [2.75, 3.05) is 13.2 Å². The van der Waals surface area contributed by atoms with Crippen LogP contribution in [0.25, 0.3) is 0 Å². The largest absolute Gasteiger partial charge is 0.491 e. The lowest BCUT2D eigenvalue weighted by atomic mass is 10.2. The zero-order valence-electron chi connectivity index (χ0n) is 11.4. The molecular weight excluding hydrogens is 310 g/mol. The van der Waals surface area contributed by atoms with Gasteiger partial charge in [0.05, 0.1) is 13.1 Å². The summed E-state index contributed by atoms with van der Waals surface area (Å²) in [6, 6.07) is 5.78. The van der Waals surface area contributed by atoms with Gasteiger partial charge in [-0.3, -0.25) is 0 Å². The Morgan fingerprint density at radius 3 is 2.84 bits per heavy atom. The van der Waals surface area contributed by atoms with Crippen molar-refractivity contribution >= 4 is 22.0 Å². The van der Waals surface area contributed by atoms with E-state index in [2.05, 4.69) is 15.9 Å². The predicted octanol–water partition coefficient (Wildman–Crippen LogP) is 3.58. The molecule has 1 amide bonds. The highest BCUT2D eigenvalue weighted by Crippen LogP contribution is 2.30. The van der Waals surface area contributed by atoms with Crippen LogP contribution in [0.15, 0.2) is 22.7 Å². The lowest BCUT2D eigenvalue weighted by Crippen LogP contribution is -2.37. The van der Waals surface area contributed by atoms with Crippen LogP contribution in [0.3, 0.4) is 0 Å². The number of carbonyl (C=O) groups is 1. The third kappa shape index (κ3) is 3.62. The summed E-state index contributed by atoms with van der Waals surface area (Å²) in [6.45, 7) is 7.08. The normalized spacial score (nSPS) is 15.3. The van der Waals surface area contributed by atoms with Gasteiger partial charge in [0, 0.05) is 10.0 Å². The minimum atomic E-state index is -0.485. The number of hydrogen-bond acceptors (Lipinski definition) is 3. The van der Waals surface area contributed by atoms with Gasteiger partial charge in [-0.15, -0.1) is 0 Å². The molecule has 19 heavy (non-hydrogen) atoms. The fourth-order valence-corrected chi connectivity index (χ4v) is 2.32. The molecule has 1 heterocycles. The zero-order valence-corrected chi connectivity index (χ0v) is 13.0. The van der Waals surface area contributed by atoms with Crippen molar-refractivity contribution in [3.63, 3.8) is 0 Å². The Labute approximate surface area is 121 Å². The first-order chi connectivity index (χ1) is 8.87. The van der Waals surface area contributed by atoms with E-state index >= 15 is 0 Å². The molecule has 0 saturated carbocycles. The Balaban J connectivity index is 2.18. The molecular formula is C14H18BrNO3. The zero-order chi connectivity index (χ0) is 14.0. The Morgan fingerprint density at radius 1 is 1.42 bits per heavy atom. The van der Waals surface area contributed by atoms with Gasteiger partial charge in [0.25, 0.3) is 0 Å². The number of amides is 1. The van der Waals surface area contributed by atoms with Gasteiger partial charge in [-0.05, 0) is 32.9 Å². The fourth-order valence-electron chi connectivity index (χ4n) is 1.85. The van der Waals surface area contributed by atoms with Gasteiger partial charge < -0.3 is 14.4 Å². The third-order valence-corrected chi connectivity index (χ3v) is 3.44. The predicted molar refractivity (Wildman–Crippen MR) is 76.3 cm³/mol. The number of benzene rings is 1. The van der Waals surface area contributed by atoms with Crippen LogP contribution in [0.1, 0.15) is 26.3 Å². The van der Waals surface area contributed by atoms with Crippen LogP contribution < -0.4 is 4.74 Å². The molecule has 1 aromatic carbocycles. The summed E-state index contributed by atoms with van der Waals surface area (Å²) in [7, 11) is 0. The molecule has 0 aromatic heterocycles. The minimum absolute atomic E-state index is 0.306. The number of halogens is 1. The molecule has 1 aliphatic rings. The number of nitrogens with zero attached hydrogens (tertiary/aromatic N) is 1. The Kier molecular flexibility index (Phi) is 4.04. The maximum atomic E-state index is 12.1. The van der Waals surface area contributed by atoms with Crippen molar-refractivity contribution in [3.05, 3.63) is 28.2 Å². The summed E-state index contributed by atoms with van der Waals surface area (Å²) in [5, 5.41) is 0. The molecule has 1 aliphatic heterocycles. The number of hydrogen-bond donors (Lipinski definition) is 0. The van der Waals surface area contributed by atoms with E-state index in [0.717, 1.165) is 15.8 Å². The van der Waals surface area contributed by atoms with E-state index < -0.39 is 5.60 Å². The third-order valence-electron chi connectivity index (χ3n) is 2.70. The average molecular weight is 328 g/mol. The summed E-state index contributed by atoms with van der Waals surface area (Å²) in [5.41, 5.74) is 0.493. The standard InChI is InChI=1S/C14H18BrNO3/c1-14(2,3)19-13(17)16-7-8-18-12-6-4-5-11(15)10(12)9-16/h4-6H,7-9H2,1-3H3. The molecule has 5 heteroatoms. The fraction of sp³-hybridized carbons (Fsp3) is 0.500. The van der Waals surface area contributed by atoms with Crippen molar-refractivity contribution in [2.24, 2.45) is 0 Å². The molecule has 0 fully saturated rings. The van der Waals surface area contributed by atoms with E-state index in [9.17, 15) is 4.79 Å². The SMILES string of the molecule is CC(C)(C)OC(=O)N1CCOc2cccc(Br)c2C1. The molecule has 0 bridgehead atoms. The summed E-state index contributed by atoms with van der Waals surface area (Å²) >= 11 is 3.50. The van der Waals surface area contributed by atoms with Crippen LogP contribution in [0, 0.1) is 0 Å². The Bertz CT molecular complexity index is 482. The molecule has 0 unspecified atom stereocenters. The molecule has 0 aliphatic carbocycles. The molecule has 1 aromatic rings. The Morgan fingerprint density at radius 2 is 2.16 bits per heavy atom. The molecule has 0 spiro atoms. The van der Waals surface area contributed by atoms with E-state index in [1.54, 1.807) is 4.90 Å². The first-order valence-corrected chi connectivity index (χ1v) is 7.04. The minimum Gasteiger partial charge on any atom is -0.491 e. The van der Waals surface area contributed by atoms with Crippen molar-refractivity contribution in [3.8, 4) is 5.75 Å². The Hall–Kier alpha value is -1.23. The molecule has 2 rings (SSSR count). The second-order valence-electron chi connectivity index (χ2n) is 5.47. The van der Waals surface area contributed by atoms with Gasteiger partial charge in [0.1, 0.15) is 18.0 Å². The summed E-state index contributed by atoms with van der Waals surface area (Å²) in [6.07, 6.45) is -0.306. The van der Waals surface area contributed by atoms with E-state index in [1.165, 1.54) is 0 Å². The summed E-state index contributed by atoms with van der Waals surface area (Å²) in [5.74, 6) is 0.820. The molecule has 0 N–H and O–H groups in total. The van der Waals surface area contributed by atoms with Gasteiger partial charge in [0.2, 0.25) is 0 Å². The average Bonchev–Trinajstić information content (AvgIpc) is 2.50. The topological polar surface area (TPSA) is 38.8 Å². The van der Waals surface area contributed by atoms with E-state index in [1.807, 2.05) is 39.0 Å². The van der Waals surface area contributed by atoms with Gasteiger partial charge in [-0.2, -0.15) is 0 Å². The maximum absolute atomic E-state index is 12.1. The highest BCUT2D eigenvalue weighted by Gasteiger charge is 2.25. The molecule has 0 radical (unpaired) electrons. The summed E-state index contributed by atoms with van der Waals surface area (Å²) < 4.78 is 12.0. The first kappa shape index (κ1) is 14.2. The molecule has 0 saturated heterocycles. The number of rotatable bonds is 0. The maximum Gasteiger partial charge on any atom is 0.410 e. The van der Waals surface area contributed by atoms with Crippen LogP contribution in [-0.4, -0.2) is 29.7 Å². The smallest absolute Gasteiger partial charge is 0.410 e. The van der Waals surface area contributed by atoms with Gasteiger partial charge >= 0.3 is 6.09 Å². The molecule has 4 nitrogen and oxygen atoms in total. The van der Waals surface area contributed by atoms with Gasteiger partial charge in [0.15, 0.2) is 0 Å². The van der Waals surface area contributed by atoms with Crippen molar-refractivity contribution < 1.29 is 14.3 Å². The van der Waals surface area contributed by atoms with Crippen molar-refractivity contribution in [1.29, 1.82) is 0 Å². The molecule has 104 valence electrons. The second-order valence-corrected chi connectivity index (χ2v) is 6.32. The lowest BCUT2D eigenvalue weighted by molar-refractivity contribution is 0.0225. The lowest BCUT2D eigenvalue weighted by Gasteiger charge is -2.26. The highest BCUT2D eigenvalue weighted by atomic mass is 79.9. The monoisotopic (exact) mass is 327 g/mol. The van der Waals surface area contributed by atoms with Crippen LogP contribution in [0.5, 0.6) is 5.75 Å². The summed E-state index contributed by atoms with van der Waals surface area (Å²) in [4.78, 5) is 13.8. The number of carbonyl (C=O) groups excluding carboxylic acids is 1. The number of ether oxygens (including phenoxy) is 2. The van der Waals surface area contributed by atoms with E-state index in [4.69, 9.17) is 9.47 Å². The van der Waals surface area contributed by atoms with Crippen LogP contribution >= 0.6 is 15.9 Å². The van der Waals surface area contributed by atoms with Gasteiger partial charge in [-0.1, -0.05) is 22.0 Å². The van der Waals surface area contributed by atoms with E-state index in [-0.39, 0.29) is 6.09 Å². The van der Waals surface area contributed by atoms with Crippen molar-refractivity contribution in [2.45, 2.75) is 32.9 Å².